The minimum atomic E-state index is -3.39. The fourth-order valence-electron chi connectivity index (χ4n) is 1.97. The van der Waals surface area contributed by atoms with E-state index in [9.17, 15) is 13.2 Å². The highest BCUT2D eigenvalue weighted by atomic mass is 32.2. The number of carbonyl (C=O) groups is 1. The number of hydrogen-bond donors (Lipinski definition) is 1. The number of anilines is 1. The Labute approximate surface area is 129 Å². The molecule has 0 aromatic heterocycles. The van der Waals surface area contributed by atoms with Crippen LogP contribution in [0.5, 0.6) is 0 Å². The van der Waals surface area contributed by atoms with Gasteiger partial charge >= 0.3 is 0 Å². The molecule has 0 unspecified atom stereocenters. The number of rotatable bonds is 5. The van der Waals surface area contributed by atoms with Gasteiger partial charge in [-0.15, -0.1) is 11.8 Å². The minimum Gasteiger partial charge on any atom is -0.399 e. The predicted octanol–water partition coefficient (Wildman–Crippen LogP) is 0.465. The van der Waals surface area contributed by atoms with E-state index in [2.05, 4.69) is 0 Å². The number of sulfonamides is 1. The van der Waals surface area contributed by atoms with Crippen LogP contribution in [0.25, 0.3) is 0 Å². The molecule has 0 saturated carbocycles. The second kappa shape index (κ2) is 6.67. The van der Waals surface area contributed by atoms with Gasteiger partial charge in [-0.3, -0.25) is 4.79 Å². The molecule has 2 rings (SSSR count). The number of hydrogen-bond acceptors (Lipinski definition) is 5. The Morgan fingerprint density at radius 3 is 2.76 bits per heavy atom. The van der Waals surface area contributed by atoms with E-state index in [1.807, 2.05) is 18.2 Å². The fourth-order valence-corrected chi connectivity index (χ4v) is 4.70. The van der Waals surface area contributed by atoms with Crippen molar-refractivity contribution in [3.63, 3.8) is 0 Å². The predicted molar refractivity (Wildman–Crippen MR) is 84.6 cm³/mol. The fraction of sp³-hybridized carbons (Fsp3) is 0.462. The van der Waals surface area contributed by atoms with E-state index in [-0.39, 0.29) is 18.2 Å². The zero-order valence-corrected chi connectivity index (χ0v) is 13.5. The van der Waals surface area contributed by atoms with Gasteiger partial charge in [0.25, 0.3) is 0 Å². The van der Waals surface area contributed by atoms with Crippen LogP contribution >= 0.6 is 11.8 Å². The first-order valence-corrected chi connectivity index (χ1v) is 9.18. The molecule has 1 aromatic carbocycles. The summed E-state index contributed by atoms with van der Waals surface area (Å²) >= 11 is 1.45. The molecule has 1 fully saturated rings. The van der Waals surface area contributed by atoms with Crippen molar-refractivity contribution in [2.75, 3.05) is 43.9 Å². The van der Waals surface area contributed by atoms with Crippen molar-refractivity contribution in [1.29, 1.82) is 0 Å². The molecule has 6 nitrogen and oxygen atoms in total. The second-order valence-corrected chi connectivity index (χ2v) is 8.14. The first-order valence-electron chi connectivity index (χ1n) is 6.58. The summed E-state index contributed by atoms with van der Waals surface area (Å²) in [4.78, 5) is 14.1. The van der Waals surface area contributed by atoms with Crippen LogP contribution in [0.3, 0.4) is 0 Å². The zero-order chi connectivity index (χ0) is 15.5. The van der Waals surface area contributed by atoms with Gasteiger partial charge in [0, 0.05) is 36.5 Å². The quantitative estimate of drug-likeness (QED) is 0.627. The summed E-state index contributed by atoms with van der Waals surface area (Å²) in [6, 6.07) is 7.34. The van der Waals surface area contributed by atoms with Crippen LogP contribution in [0.1, 0.15) is 0 Å². The van der Waals surface area contributed by atoms with Gasteiger partial charge in [0.05, 0.1) is 12.3 Å². The normalized spacial score (nSPS) is 17.2. The lowest BCUT2D eigenvalue weighted by molar-refractivity contribution is -0.132. The van der Waals surface area contributed by atoms with Crippen molar-refractivity contribution >= 4 is 33.4 Å². The monoisotopic (exact) mass is 329 g/mol. The van der Waals surface area contributed by atoms with E-state index in [1.54, 1.807) is 18.0 Å². The van der Waals surface area contributed by atoms with Gasteiger partial charge in [0.15, 0.2) is 0 Å². The third-order valence-electron chi connectivity index (χ3n) is 3.28. The first kappa shape index (κ1) is 16.1. The van der Waals surface area contributed by atoms with Crippen LogP contribution < -0.4 is 5.73 Å². The van der Waals surface area contributed by atoms with Crippen molar-refractivity contribution in [2.24, 2.45) is 0 Å². The van der Waals surface area contributed by atoms with Crippen LogP contribution in [0.4, 0.5) is 5.69 Å². The van der Waals surface area contributed by atoms with Gasteiger partial charge in [-0.2, -0.15) is 4.31 Å². The highest BCUT2D eigenvalue weighted by Crippen LogP contribution is 2.21. The Hall–Kier alpha value is -1.25. The molecular formula is C13H19N3O3S2. The smallest absolute Gasteiger partial charge is 0.237 e. The number of nitrogens with two attached hydrogens (primary N) is 1. The summed E-state index contributed by atoms with van der Waals surface area (Å²) in [6.07, 6.45) is 0. The standard InChI is InChI=1S/C13H19N3O3S2/c1-15-5-6-16(10-13(15)17)21(18,19)8-7-20-12-4-2-3-11(14)9-12/h2-4,9H,5-8,10,14H2,1H3. The molecule has 1 aromatic rings. The van der Waals surface area contributed by atoms with Gasteiger partial charge in [-0.1, -0.05) is 6.07 Å². The SMILES string of the molecule is CN1CCN(S(=O)(=O)CCSc2cccc(N)c2)CC1=O. The molecule has 0 bridgehead atoms. The number of likely N-dealkylation sites (N-methyl/N-ethyl adjacent to an activating group) is 1. The molecule has 1 aliphatic rings. The van der Waals surface area contributed by atoms with Gasteiger partial charge < -0.3 is 10.6 Å². The molecule has 21 heavy (non-hydrogen) atoms. The number of piperazine rings is 1. The lowest BCUT2D eigenvalue weighted by atomic mass is 10.3. The van der Waals surface area contributed by atoms with E-state index in [0.717, 1.165) is 4.90 Å². The molecule has 0 spiro atoms. The van der Waals surface area contributed by atoms with Gasteiger partial charge in [0.1, 0.15) is 0 Å². The Bertz CT molecular complexity index is 619. The Balaban J connectivity index is 1.88. The van der Waals surface area contributed by atoms with Gasteiger partial charge in [-0.25, -0.2) is 8.42 Å². The maximum Gasteiger partial charge on any atom is 0.237 e. The molecule has 2 N–H and O–H groups in total. The lowest BCUT2D eigenvalue weighted by Gasteiger charge is -2.31. The highest BCUT2D eigenvalue weighted by Gasteiger charge is 2.29. The Morgan fingerprint density at radius 1 is 1.33 bits per heavy atom. The molecule has 0 radical (unpaired) electrons. The van der Waals surface area contributed by atoms with Crippen molar-refractivity contribution in [2.45, 2.75) is 4.90 Å². The molecule has 1 heterocycles. The molecule has 1 aliphatic heterocycles. The van der Waals surface area contributed by atoms with Crippen molar-refractivity contribution in [1.82, 2.24) is 9.21 Å². The van der Waals surface area contributed by atoms with E-state index in [0.29, 0.717) is 24.5 Å². The topological polar surface area (TPSA) is 83.7 Å². The van der Waals surface area contributed by atoms with Crippen molar-refractivity contribution in [3.05, 3.63) is 24.3 Å². The van der Waals surface area contributed by atoms with Crippen LogP contribution in [0.2, 0.25) is 0 Å². The number of carbonyl (C=O) groups excluding carboxylic acids is 1. The third-order valence-corrected chi connectivity index (χ3v) is 6.36. The van der Waals surface area contributed by atoms with Crippen LogP contribution in [-0.2, 0) is 14.8 Å². The summed E-state index contributed by atoms with van der Waals surface area (Å²) < 4.78 is 25.7. The summed E-state index contributed by atoms with van der Waals surface area (Å²) in [5, 5.41) is 0. The lowest BCUT2D eigenvalue weighted by Crippen LogP contribution is -2.51. The number of nitrogen functional groups attached to an aromatic ring is 1. The first-order chi connectivity index (χ1) is 9.88. The average molecular weight is 329 g/mol. The molecule has 0 aliphatic carbocycles. The Morgan fingerprint density at radius 2 is 2.10 bits per heavy atom. The molecule has 8 heteroatoms. The molecule has 0 atom stereocenters. The summed E-state index contributed by atoms with van der Waals surface area (Å²) in [5.41, 5.74) is 6.34. The number of thioether (sulfide) groups is 1. The van der Waals surface area contributed by atoms with E-state index >= 15 is 0 Å². The number of amides is 1. The van der Waals surface area contributed by atoms with Gasteiger partial charge in [0.2, 0.25) is 15.9 Å². The number of nitrogens with zero attached hydrogens (tertiary/aromatic N) is 2. The molecule has 1 saturated heterocycles. The van der Waals surface area contributed by atoms with Crippen molar-refractivity contribution < 1.29 is 13.2 Å². The van der Waals surface area contributed by atoms with Gasteiger partial charge in [-0.05, 0) is 18.2 Å². The minimum absolute atomic E-state index is 0.0173. The van der Waals surface area contributed by atoms with Crippen LogP contribution in [0.15, 0.2) is 29.2 Å². The maximum atomic E-state index is 12.2. The zero-order valence-electron chi connectivity index (χ0n) is 11.9. The molecule has 116 valence electrons. The average Bonchev–Trinajstić information content (AvgIpc) is 2.41. The van der Waals surface area contributed by atoms with Crippen LogP contribution in [0, 0.1) is 0 Å². The third kappa shape index (κ3) is 4.36. The summed E-state index contributed by atoms with van der Waals surface area (Å²) in [5.74, 6) is 0.295. The molecular weight excluding hydrogens is 310 g/mol. The Kier molecular flexibility index (Phi) is 5.13. The number of benzene rings is 1. The van der Waals surface area contributed by atoms with E-state index < -0.39 is 10.0 Å². The molecule has 1 amide bonds. The second-order valence-electron chi connectivity index (χ2n) is 4.89. The largest absolute Gasteiger partial charge is 0.399 e. The summed E-state index contributed by atoms with van der Waals surface area (Å²) in [6.45, 7) is 0.760. The van der Waals surface area contributed by atoms with Crippen molar-refractivity contribution in [3.8, 4) is 0 Å². The van der Waals surface area contributed by atoms with Crippen LogP contribution in [-0.4, -0.2) is 61.7 Å². The van der Waals surface area contributed by atoms with E-state index in [1.165, 1.54) is 16.1 Å². The van der Waals surface area contributed by atoms with E-state index in [4.69, 9.17) is 5.73 Å². The summed E-state index contributed by atoms with van der Waals surface area (Å²) in [7, 11) is -1.70. The highest BCUT2D eigenvalue weighted by molar-refractivity contribution is 8.00. The maximum absolute atomic E-state index is 12.2.